The van der Waals surface area contributed by atoms with Crippen LogP contribution >= 0.6 is 0 Å². The van der Waals surface area contributed by atoms with Crippen molar-refractivity contribution in [2.45, 2.75) is 76.9 Å². The maximum atomic E-state index is 11.4. The first-order valence-corrected chi connectivity index (χ1v) is 7.13. The topological polar surface area (TPSA) is 77.8 Å². The second kappa shape index (κ2) is 11.6. The Hall–Kier alpha value is -0.450. The molecule has 0 aromatic rings. The molecule has 0 aromatic heterocycles. The van der Waals surface area contributed by atoms with Gasteiger partial charge in [0.05, 0.1) is 6.61 Å². The number of carbonyl (C=O) groups excluding carboxylic acids is 1. The molecule has 0 saturated carbocycles. The summed E-state index contributed by atoms with van der Waals surface area (Å²) < 4.78 is 0. The molecule has 0 amide bonds. The molecule has 0 bridgehead atoms. The maximum absolute atomic E-state index is 11.4. The second-order valence-electron chi connectivity index (χ2n) is 4.89. The first-order chi connectivity index (χ1) is 8.63. The van der Waals surface area contributed by atoms with Crippen LogP contribution in [0.15, 0.2) is 0 Å². The van der Waals surface area contributed by atoms with Gasteiger partial charge in [0.25, 0.3) is 0 Å². The van der Waals surface area contributed by atoms with Crippen LogP contribution in [-0.2, 0) is 4.79 Å². The average Bonchev–Trinajstić information content (AvgIpc) is 2.39. The summed E-state index contributed by atoms with van der Waals surface area (Å²) in [5.41, 5.74) is 0. The molecule has 3 N–H and O–H groups in total. The molecule has 0 fully saturated rings. The summed E-state index contributed by atoms with van der Waals surface area (Å²) in [6, 6.07) is 0. The Bertz CT molecular complexity index is 206. The monoisotopic (exact) mass is 260 g/mol. The van der Waals surface area contributed by atoms with Crippen molar-refractivity contribution in [2.75, 3.05) is 6.61 Å². The predicted molar refractivity (Wildman–Crippen MR) is 71.3 cm³/mol. The smallest absolute Gasteiger partial charge is 0.164 e. The van der Waals surface area contributed by atoms with Crippen molar-refractivity contribution >= 4 is 5.78 Å². The van der Waals surface area contributed by atoms with Gasteiger partial charge in [0, 0.05) is 6.42 Å². The summed E-state index contributed by atoms with van der Waals surface area (Å²) in [6.07, 6.45) is 6.67. The van der Waals surface area contributed by atoms with Gasteiger partial charge in [-0.2, -0.15) is 0 Å². The van der Waals surface area contributed by atoms with Crippen molar-refractivity contribution in [1.29, 1.82) is 0 Å². The van der Waals surface area contributed by atoms with Gasteiger partial charge < -0.3 is 15.3 Å². The van der Waals surface area contributed by atoms with Crippen LogP contribution in [0.4, 0.5) is 0 Å². The van der Waals surface area contributed by atoms with Crippen LogP contribution in [0.3, 0.4) is 0 Å². The van der Waals surface area contributed by atoms with Crippen molar-refractivity contribution in [1.82, 2.24) is 0 Å². The summed E-state index contributed by atoms with van der Waals surface area (Å²) in [6.45, 7) is 1.61. The van der Waals surface area contributed by atoms with E-state index in [2.05, 4.69) is 6.92 Å². The van der Waals surface area contributed by atoms with Crippen molar-refractivity contribution in [3.63, 3.8) is 0 Å². The molecular weight excluding hydrogens is 232 g/mol. The fourth-order valence-corrected chi connectivity index (χ4v) is 1.90. The number of hydrogen-bond donors (Lipinski definition) is 3. The van der Waals surface area contributed by atoms with Gasteiger partial charge in [-0.1, -0.05) is 51.9 Å². The third-order valence-corrected chi connectivity index (χ3v) is 3.16. The molecule has 108 valence electrons. The van der Waals surface area contributed by atoms with E-state index in [0.29, 0.717) is 0 Å². The standard InChI is InChI=1S/C14H28O4/c1-2-3-4-5-6-7-8-9-10-12(16)14(18)13(17)11-15/h13-15,17-18H,2-11H2,1H3/t13-,14?/m0/s1. The van der Waals surface area contributed by atoms with Gasteiger partial charge in [-0.05, 0) is 6.42 Å². The lowest BCUT2D eigenvalue weighted by Crippen LogP contribution is -2.36. The number of aliphatic hydroxyl groups is 3. The van der Waals surface area contributed by atoms with E-state index in [9.17, 15) is 9.90 Å². The zero-order valence-electron chi connectivity index (χ0n) is 11.5. The minimum Gasteiger partial charge on any atom is -0.394 e. The summed E-state index contributed by atoms with van der Waals surface area (Å²) in [7, 11) is 0. The van der Waals surface area contributed by atoms with E-state index in [0.717, 1.165) is 19.3 Å². The second-order valence-corrected chi connectivity index (χ2v) is 4.89. The Morgan fingerprint density at radius 3 is 1.94 bits per heavy atom. The molecular formula is C14H28O4. The van der Waals surface area contributed by atoms with Crippen LogP contribution in [0, 0.1) is 0 Å². The van der Waals surface area contributed by atoms with Gasteiger partial charge in [-0.3, -0.25) is 4.79 Å². The number of Topliss-reactive ketones (excluding diaryl/α,β-unsaturated/α-hetero) is 1. The molecule has 1 unspecified atom stereocenters. The van der Waals surface area contributed by atoms with E-state index >= 15 is 0 Å². The third-order valence-electron chi connectivity index (χ3n) is 3.16. The molecule has 0 aliphatic rings. The van der Waals surface area contributed by atoms with Crippen molar-refractivity contribution in [2.24, 2.45) is 0 Å². The summed E-state index contributed by atoms with van der Waals surface area (Å²) >= 11 is 0. The molecule has 18 heavy (non-hydrogen) atoms. The lowest BCUT2D eigenvalue weighted by Gasteiger charge is -2.13. The zero-order valence-corrected chi connectivity index (χ0v) is 11.5. The summed E-state index contributed by atoms with van der Waals surface area (Å²) in [5, 5.41) is 27.0. The molecule has 0 aromatic carbocycles. The van der Waals surface area contributed by atoms with E-state index in [-0.39, 0.29) is 12.2 Å². The van der Waals surface area contributed by atoms with E-state index in [1.807, 2.05) is 0 Å². The highest BCUT2D eigenvalue weighted by Gasteiger charge is 2.22. The van der Waals surface area contributed by atoms with Crippen molar-refractivity contribution in [3.8, 4) is 0 Å². The first-order valence-electron chi connectivity index (χ1n) is 7.13. The lowest BCUT2D eigenvalue weighted by molar-refractivity contribution is -0.134. The fraction of sp³-hybridized carbons (Fsp3) is 0.929. The minimum absolute atomic E-state index is 0.285. The predicted octanol–water partition coefficient (Wildman–Crippen LogP) is 1.80. The Balaban J connectivity index is 3.40. The van der Waals surface area contributed by atoms with Gasteiger partial charge >= 0.3 is 0 Å². The Morgan fingerprint density at radius 2 is 1.44 bits per heavy atom. The van der Waals surface area contributed by atoms with Gasteiger partial charge in [0.2, 0.25) is 0 Å². The van der Waals surface area contributed by atoms with Crippen LogP contribution in [0.5, 0.6) is 0 Å². The number of ketones is 1. The number of hydrogen-bond acceptors (Lipinski definition) is 4. The largest absolute Gasteiger partial charge is 0.394 e. The maximum Gasteiger partial charge on any atom is 0.164 e. The molecule has 4 heteroatoms. The van der Waals surface area contributed by atoms with Crippen LogP contribution in [0.1, 0.15) is 64.7 Å². The molecule has 0 rings (SSSR count). The third kappa shape index (κ3) is 8.61. The number of aliphatic hydroxyl groups excluding tert-OH is 3. The SMILES string of the molecule is CCCCCCCCCCC(=O)C(O)[C@@H](O)CO. The van der Waals surface area contributed by atoms with Gasteiger partial charge in [-0.25, -0.2) is 0 Å². The average molecular weight is 260 g/mol. The Morgan fingerprint density at radius 1 is 0.944 bits per heavy atom. The molecule has 0 saturated heterocycles. The van der Waals surface area contributed by atoms with Crippen molar-refractivity contribution < 1.29 is 20.1 Å². The molecule has 0 aliphatic heterocycles. The van der Waals surface area contributed by atoms with E-state index in [1.54, 1.807) is 0 Å². The molecule has 4 nitrogen and oxygen atoms in total. The van der Waals surface area contributed by atoms with E-state index < -0.39 is 18.8 Å². The van der Waals surface area contributed by atoms with Crippen LogP contribution in [0.2, 0.25) is 0 Å². The lowest BCUT2D eigenvalue weighted by atomic mass is 10.0. The van der Waals surface area contributed by atoms with Gasteiger partial charge in [-0.15, -0.1) is 0 Å². The quantitative estimate of drug-likeness (QED) is 0.468. The molecule has 0 heterocycles. The molecule has 0 radical (unpaired) electrons. The fourth-order valence-electron chi connectivity index (χ4n) is 1.90. The van der Waals surface area contributed by atoms with Crippen LogP contribution < -0.4 is 0 Å². The van der Waals surface area contributed by atoms with E-state index in [4.69, 9.17) is 10.2 Å². The Kier molecular flexibility index (Phi) is 11.3. The highest BCUT2D eigenvalue weighted by Crippen LogP contribution is 2.10. The zero-order chi connectivity index (χ0) is 13.8. The molecule has 2 atom stereocenters. The molecule has 0 spiro atoms. The normalized spacial score (nSPS) is 14.4. The first kappa shape index (κ1) is 17.6. The van der Waals surface area contributed by atoms with Gasteiger partial charge in [0.15, 0.2) is 5.78 Å². The molecule has 0 aliphatic carbocycles. The number of carbonyl (C=O) groups is 1. The van der Waals surface area contributed by atoms with Crippen LogP contribution in [-0.4, -0.2) is 39.9 Å². The van der Waals surface area contributed by atoms with E-state index in [1.165, 1.54) is 32.1 Å². The van der Waals surface area contributed by atoms with Gasteiger partial charge in [0.1, 0.15) is 12.2 Å². The minimum atomic E-state index is -1.43. The number of unbranched alkanes of at least 4 members (excludes halogenated alkanes) is 7. The highest BCUT2D eigenvalue weighted by molar-refractivity contribution is 5.83. The highest BCUT2D eigenvalue weighted by atomic mass is 16.4. The van der Waals surface area contributed by atoms with Crippen molar-refractivity contribution in [3.05, 3.63) is 0 Å². The summed E-state index contributed by atoms with van der Waals surface area (Å²) in [5.74, 6) is -0.373. The van der Waals surface area contributed by atoms with Crippen LogP contribution in [0.25, 0.3) is 0 Å². The number of rotatable bonds is 12. The summed E-state index contributed by atoms with van der Waals surface area (Å²) in [4.78, 5) is 11.4. The Labute approximate surface area is 110 Å².